The molecule has 28 heavy (non-hydrogen) atoms. The number of rotatable bonds is 3. The third kappa shape index (κ3) is 5.43. The normalized spacial score (nSPS) is 21.6. The van der Waals surface area contributed by atoms with Crippen molar-refractivity contribution in [1.29, 1.82) is 0 Å². The molecule has 2 aliphatic rings. The highest BCUT2D eigenvalue weighted by Crippen LogP contribution is 2.22. The molecule has 1 aromatic heterocycles. The molecule has 0 radical (unpaired) electrons. The van der Waals surface area contributed by atoms with E-state index in [1.54, 1.807) is 4.90 Å². The highest BCUT2D eigenvalue weighted by molar-refractivity contribution is 5.80. The van der Waals surface area contributed by atoms with Crippen LogP contribution in [0.2, 0.25) is 0 Å². The second-order valence-electron chi connectivity index (χ2n) is 8.70. The Hall–Kier alpha value is -2.16. The van der Waals surface area contributed by atoms with Crippen molar-refractivity contribution in [2.45, 2.75) is 52.7 Å². The van der Waals surface area contributed by atoms with Gasteiger partial charge in [0, 0.05) is 39.3 Å². The lowest BCUT2D eigenvalue weighted by molar-refractivity contribution is -0.139. The van der Waals surface area contributed by atoms with Gasteiger partial charge >= 0.3 is 6.09 Å². The summed E-state index contributed by atoms with van der Waals surface area (Å²) in [6, 6.07) is 0. The van der Waals surface area contributed by atoms with E-state index in [2.05, 4.69) is 20.1 Å². The van der Waals surface area contributed by atoms with Crippen LogP contribution in [0.5, 0.6) is 0 Å². The molecule has 1 aromatic rings. The summed E-state index contributed by atoms with van der Waals surface area (Å²) >= 11 is 0. The molecule has 0 spiro atoms. The van der Waals surface area contributed by atoms with Crippen molar-refractivity contribution in [2.75, 3.05) is 39.3 Å². The maximum atomic E-state index is 13.0. The van der Waals surface area contributed by atoms with E-state index in [9.17, 15) is 9.59 Å². The van der Waals surface area contributed by atoms with Crippen LogP contribution in [0.25, 0.3) is 0 Å². The van der Waals surface area contributed by atoms with E-state index >= 15 is 0 Å². The zero-order chi connectivity index (χ0) is 20.3. The van der Waals surface area contributed by atoms with E-state index in [1.165, 1.54) is 0 Å². The molecule has 9 heteroatoms. The standard InChI is InChI=1S/C19H32N6O3/c1-14-20-16(22-21-14)13-23-8-10-24(11-9-23)17(26)15-6-5-7-25(12-15)18(27)28-19(2,3)4/h15H,5-13H2,1-4H3,(H,20,21,22)/t15-/m1/s1. The van der Waals surface area contributed by atoms with Crippen molar-refractivity contribution < 1.29 is 14.3 Å². The number of piperidine rings is 1. The Kier molecular flexibility index (Phi) is 6.22. The minimum atomic E-state index is -0.522. The number of hydrogen-bond donors (Lipinski definition) is 1. The van der Waals surface area contributed by atoms with Gasteiger partial charge < -0.3 is 14.5 Å². The number of carbonyl (C=O) groups is 2. The predicted molar refractivity (Wildman–Crippen MR) is 104 cm³/mol. The van der Waals surface area contributed by atoms with Gasteiger partial charge in [-0.2, -0.15) is 5.10 Å². The Morgan fingerprint density at radius 3 is 2.46 bits per heavy atom. The highest BCUT2D eigenvalue weighted by atomic mass is 16.6. The summed E-state index contributed by atoms with van der Waals surface area (Å²) in [5.41, 5.74) is -0.522. The molecular weight excluding hydrogens is 360 g/mol. The SMILES string of the molecule is Cc1nc(CN2CCN(C(=O)[C@@H]3CCCN(C(=O)OC(C)(C)C)C3)CC2)n[nH]1. The zero-order valence-electron chi connectivity index (χ0n) is 17.4. The quantitative estimate of drug-likeness (QED) is 0.836. The number of aromatic nitrogens is 3. The first-order valence-electron chi connectivity index (χ1n) is 10.1. The average Bonchev–Trinajstić information content (AvgIpc) is 3.05. The summed E-state index contributed by atoms with van der Waals surface area (Å²) in [6.07, 6.45) is 1.34. The van der Waals surface area contributed by atoms with E-state index in [-0.39, 0.29) is 17.9 Å². The smallest absolute Gasteiger partial charge is 0.410 e. The number of ether oxygens (including phenoxy) is 1. The lowest BCUT2D eigenvalue weighted by atomic mass is 9.96. The van der Waals surface area contributed by atoms with Crippen LogP contribution < -0.4 is 0 Å². The Bertz CT molecular complexity index is 690. The van der Waals surface area contributed by atoms with Crippen molar-refractivity contribution in [3.8, 4) is 0 Å². The van der Waals surface area contributed by atoms with E-state index in [0.717, 1.165) is 37.6 Å². The first-order chi connectivity index (χ1) is 13.2. The average molecular weight is 393 g/mol. The van der Waals surface area contributed by atoms with Gasteiger partial charge in [-0.25, -0.2) is 9.78 Å². The van der Waals surface area contributed by atoms with E-state index in [0.29, 0.717) is 32.7 Å². The monoisotopic (exact) mass is 392 g/mol. The maximum absolute atomic E-state index is 13.0. The van der Waals surface area contributed by atoms with Gasteiger partial charge in [-0.1, -0.05) is 0 Å². The number of H-pyrrole nitrogens is 1. The van der Waals surface area contributed by atoms with Crippen molar-refractivity contribution in [2.24, 2.45) is 5.92 Å². The van der Waals surface area contributed by atoms with Crippen molar-refractivity contribution in [1.82, 2.24) is 29.9 Å². The summed E-state index contributed by atoms with van der Waals surface area (Å²) in [5, 5.41) is 7.04. The highest BCUT2D eigenvalue weighted by Gasteiger charge is 2.34. The molecule has 2 fully saturated rings. The summed E-state index contributed by atoms with van der Waals surface area (Å²) in [7, 11) is 0. The van der Waals surface area contributed by atoms with E-state index in [1.807, 2.05) is 32.6 Å². The van der Waals surface area contributed by atoms with Crippen molar-refractivity contribution in [3.05, 3.63) is 11.6 Å². The molecule has 0 saturated carbocycles. The number of aromatic amines is 1. The third-order valence-electron chi connectivity index (χ3n) is 5.11. The fraction of sp³-hybridized carbons (Fsp3) is 0.789. The molecule has 2 saturated heterocycles. The van der Waals surface area contributed by atoms with Gasteiger partial charge in [0.05, 0.1) is 12.5 Å². The topological polar surface area (TPSA) is 94.7 Å². The lowest BCUT2D eigenvalue weighted by Gasteiger charge is -2.39. The molecule has 0 bridgehead atoms. The van der Waals surface area contributed by atoms with Crippen LogP contribution in [0.1, 0.15) is 45.3 Å². The Balaban J connectivity index is 1.48. The van der Waals surface area contributed by atoms with Gasteiger partial charge in [0.2, 0.25) is 5.91 Å². The van der Waals surface area contributed by atoms with E-state index < -0.39 is 5.60 Å². The Labute approximate surface area is 166 Å². The Morgan fingerprint density at radius 2 is 1.86 bits per heavy atom. The fourth-order valence-electron chi connectivity index (χ4n) is 3.72. The number of nitrogens with one attached hydrogen (secondary N) is 1. The Morgan fingerprint density at radius 1 is 1.14 bits per heavy atom. The van der Waals surface area contributed by atoms with Crippen LogP contribution in [0.15, 0.2) is 0 Å². The number of likely N-dealkylation sites (tertiary alicyclic amines) is 1. The summed E-state index contributed by atoms with van der Waals surface area (Å²) in [5.74, 6) is 1.62. The molecule has 3 rings (SSSR count). The molecule has 2 amide bonds. The summed E-state index contributed by atoms with van der Waals surface area (Å²) in [4.78, 5) is 35.5. The molecule has 0 aliphatic carbocycles. The largest absolute Gasteiger partial charge is 0.444 e. The molecule has 0 unspecified atom stereocenters. The number of amides is 2. The van der Waals surface area contributed by atoms with Crippen LogP contribution in [-0.4, -0.2) is 86.8 Å². The molecule has 0 aromatic carbocycles. The molecular formula is C19H32N6O3. The number of carbonyl (C=O) groups excluding carboxylic acids is 2. The van der Waals surface area contributed by atoms with Crippen LogP contribution >= 0.6 is 0 Å². The third-order valence-corrected chi connectivity index (χ3v) is 5.11. The molecule has 156 valence electrons. The van der Waals surface area contributed by atoms with Crippen LogP contribution in [0, 0.1) is 12.8 Å². The van der Waals surface area contributed by atoms with Crippen LogP contribution in [0.4, 0.5) is 4.79 Å². The molecule has 1 atom stereocenters. The van der Waals surface area contributed by atoms with Gasteiger partial charge in [-0.15, -0.1) is 0 Å². The zero-order valence-corrected chi connectivity index (χ0v) is 17.4. The van der Waals surface area contributed by atoms with Crippen molar-refractivity contribution >= 4 is 12.0 Å². The van der Waals surface area contributed by atoms with E-state index in [4.69, 9.17) is 4.74 Å². The first kappa shape index (κ1) is 20.6. The molecule has 2 aliphatic heterocycles. The van der Waals surface area contributed by atoms with Gasteiger partial charge in [-0.3, -0.25) is 14.8 Å². The van der Waals surface area contributed by atoms with Gasteiger partial charge in [0.25, 0.3) is 0 Å². The van der Waals surface area contributed by atoms with Crippen LogP contribution in [0.3, 0.4) is 0 Å². The number of piperazine rings is 1. The maximum Gasteiger partial charge on any atom is 0.410 e. The number of hydrogen-bond acceptors (Lipinski definition) is 6. The van der Waals surface area contributed by atoms with Gasteiger partial charge in [0.15, 0.2) is 5.82 Å². The first-order valence-corrected chi connectivity index (χ1v) is 10.1. The minimum absolute atomic E-state index is 0.136. The summed E-state index contributed by atoms with van der Waals surface area (Å²) < 4.78 is 5.46. The molecule has 1 N–H and O–H groups in total. The second kappa shape index (κ2) is 8.46. The summed E-state index contributed by atoms with van der Waals surface area (Å²) in [6.45, 7) is 12.3. The minimum Gasteiger partial charge on any atom is -0.444 e. The van der Waals surface area contributed by atoms with Gasteiger partial charge in [0.1, 0.15) is 11.4 Å². The number of nitrogens with zero attached hydrogens (tertiary/aromatic N) is 5. The second-order valence-corrected chi connectivity index (χ2v) is 8.70. The van der Waals surface area contributed by atoms with Gasteiger partial charge in [-0.05, 0) is 40.5 Å². The van der Waals surface area contributed by atoms with Crippen LogP contribution in [-0.2, 0) is 16.1 Å². The molecule has 9 nitrogen and oxygen atoms in total. The van der Waals surface area contributed by atoms with Crippen molar-refractivity contribution in [3.63, 3.8) is 0 Å². The lowest BCUT2D eigenvalue weighted by Crippen LogP contribution is -2.53. The fourth-order valence-corrected chi connectivity index (χ4v) is 3.72. The predicted octanol–water partition coefficient (Wildman–Crippen LogP) is 1.40. The number of aryl methyl sites for hydroxylation is 1. The molecule has 3 heterocycles.